The van der Waals surface area contributed by atoms with Gasteiger partial charge in [0, 0.05) is 23.7 Å². The monoisotopic (exact) mass is 238 g/mol. The van der Waals surface area contributed by atoms with Crippen molar-refractivity contribution in [3.8, 4) is 0 Å². The van der Waals surface area contributed by atoms with Crippen LogP contribution in [-0.2, 0) is 0 Å². The second-order valence-electron chi connectivity index (χ2n) is 4.86. The molecule has 3 heteroatoms. The van der Waals surface area contributed by atoms with Crippen LogP contribution in [0, 0.1) is 5.82 Å². The summed E-state index contributed by atoms with van der Waals surface area (Å²) in [6.45, 7) is 6.81. The van der Waals surface area contributed by atoms with Crippen molar-refractivity contribution in [1.29, 1.82) is 0 Å². The summed E-state index contributed by atoms with van der Waals surface area (Å²) in [5.74, 6) is -0.151. The van der Waals surface area contributed by atoms with Crippen LogP contribution in [0.15, 0.2) is 24.3 Å². The van der Waals surface area contributed by atoms with Gasteiger partial charge in [0.05, 0.1) is 0 Å². The molecule has 0 amide bonds. The summed E-state index contributed by atoms with van der Waals surface area (Å²) in [4.78, 5) is 2.16. The van der Waals surface area contributed by atoms with E-state index in [1.54, 1.807) is 6.07 Å². The molecule has 17 heavy (non-hydrogen) atoms. The predicted octanol–water partition coefficient (Wildman–Crippen LogP) is 2.95. The van der Waals surface area contributed by atoms with Gasteiger partial charge in [-0.05, 0) is 33.4 Å². The van der Waals surface area contributed by atoms with Crippen molar-refractivity contribution in [2.24, 2.45) is 5.73 Å². The van der Waals surface area contributed by atoms with Crippen LogP contribution in [-0.4, -0.2) is 24.0 Å². The van der Waals surface area contributed by atoms with Crippen LogP contribution < -0.4 is 5.73 Å². The topological polar surface area (TPSA) is 29.3 Å². The lowest BCUT2D eigenvalue weighted by atomic mass is 9.93. The fourth-order valence-corrected chi connectivity index (χ4v) is 2.03. The molecule has 96 valence electrons. The molecule has 0 fully saturated rings. The van der Waals surface area contributed by atoms with E-state index in [2.05, 4.69) is 18.7 Å². The molecule has 0 saturated carbocycles. The van der Waals surface area contributed by atoms with E-state index in [4.69, 9.17) is 5.73 Å². The third-order valence-electron chi connectivity index (χ3n) is 3.99. The molecule has 0 aliphatic rings. The summed E-state index contributed by atoms with van der Waals surface area (Å²) in [6, 6.07) is 6.95. The summed E-state index contributed by atoms with van der Waals surface area (Å²) in [5, 5.41) is 0. The molecular weight excluding hydrogens is 215 g/mol. The van der Waals surface area contributed by atoms with Gasteiger partial charge in [-0.25, -0.2) is 4.39 Å². The minimum atomic E-state index is -0.151. The van der Waals surface area contributed by atoms with Gasteiger partial charge < -0.3 is 5.73 Å². The molecule has 0 saturated heterocycles. The first-order valence-corrected chi connectivity index (χ1v) is 6.13. The lowest BCUT2D eigenvalue weighted by molar-refractivity contribution is 0.0946. The Balaban J connectivity index is 2.97. The second kappa shape index (κ2) is 5.61. The summed E-state index contributed by atoms with van der Waals surface area (Å²) in [5.41, 5.74) is 6.47. The van der Waals surface area contributed by atoms with E-state index in [-0.39, 0.29) is 17.4 Å². The standard InChI is InChI=1S/C14H23FN2/c1-5-14(3,10-16)17(4)11(2)12-8-6-7-9-13(12)15/h6-9,11H,5,10,16H2,1-4H3. The third kappa shape index (κ3) is 2.85. The SMILES string of the molecule is CCC(C)(CN)N(C)C(C)c1ccccc1F. The maximum Gasteiger partial charge on any atom is 0.127 e. The van der Waals surface area contributed by atoms with E-state index in [1.165, 1.54) is 6.07 Å². The van der Waals surface area contributed by atoms with Gasteiger partial charge in [0.15, 0.2) is 0 Å². The molecule has 2 nitrogen and oxygen atoms in total. The molecule has 0 bridgehead atoms. The lowest BCUT2D eigenvalue weighted by Crippen LogP contribution is -2.50. The van der Waals surface area contributed by atoms with Crippen molar-refractivity contribution in [2.45, 2.75) is 38.8 Å². The Hall–Kier alpha value is -0.930. The zero-order chi connectivity index (χ0) is 13.1. The van der Waals surface area contributed by atoms with Gasteiger partial charge >= 0.3 is 0 Å². The normalized spacial score (nSPS) is 16.9. The van der Waals surface area contributed by atoms with Crippen molar-refractivity contribution < 1.29 is 4.39 Å². The van der Waals surface area contributed by atoms with Crippen molar-refractivity contribution in [3.05, 3.63) is 35.6 Å². The number of nitrogens with two attached hydrogens (primary N) is 1. The van der Waals surface area contributed by atoms with E-state index < -0.39 is 0 Å². The van der Waals surface area contributed by atoms with Crippen LogP contribution in [0.3, 0.4) is 0 Å². The first-order chi connectivity index (χ1) is 7.96. The van der Waals surface area contributed by atoms with Crippen LogP contribution in [0.1, 0.15) is 38.8 Å². The molecule has 2 atom stereocenters. The first-order valence-electron chi connectivity index (χ1n) is 6.13. The molecule has 0 radical (unpaired) electrons. The van der Waals surface area contributed by atoms with Crippen LogP contribution >= 0.6 is 0 Å². The Kier molecular flexibility index (Phi) is 4.66. The quantitative estimate of drug-likeness (QED) is 0.854. The Labute approximate surface area is 104 Å². The summed E-state index contributed by atoms with van der Waals surface area (Å²) >= 11 is 0. The summed E-state index contributed by atoms with van der Waals surface area (Å²) < 4.78 is 13.7. The molecule has 0 spiro atoms. The zero-order valence-corrected chi connectivity index (χ0v) is 11.2. The van der Waals surface area contributed by atoms with Crippen molar-refractivity contribution in [3.63, 3.8) is 0 Å². The average Bonchev–Trinajstić information content (AvgIpc) is 2.36. The highest BCUT2D eigenvalue weighted by molar-refractivity contribution is 5.21. The number of benzene rings is 1. The van der Waals surface area contributed by atoms with Crippen LogP contribution in [0.25, 0.3) is 0 Å². The molecule has 0 aromatic heterocycles. The van der Waals surface area contributed by atoms with Gasteiger partial charge in [0.25, 0.3) is 0 Å². The van der Waals surface area contributed by atoms with Crippen molar-refractivity contribution >= 4 is 0 Å². The number of halogens is 1. The van der Waals surface area contributed by atoms with Gasteiger partial charge in [-0.2, -0.15) is 0 Å². The zero-order valence-electron chi connectivity index (χ0n) is 11.2. The highest BCUT2D eigenvalue weighted by atomic mass is 19.1. The minimum Gasteiger partial charge on any atom is -0.329 e. The Bertz CT molecular complexity index is 361. The van der Waals surface area contributed by atoms with Gasteiger partial charge in [-0.15, -0.1) is 0 Å². The predicted molar refractivity (Wildman–Crippen MR) is 70.3 cm³/mol. The molecule has 2 unspecified atom stereocenters. The molecule has 2 N–H and O–H groups in total. The number of likely N-dealkylation sites (N-methyl/N-ethyl adjacent to an activating group) is 1. The van der Waals surface area contributed by atoms with Gasteiger partial charge in [-0.3, -0.25) is 4.90 Å². The average molecular weight is 238 g/mol. The minimum absolute atomic E-state index is 0.0182. The van der Waals surface area contributed by atoms with Crippen molar-refractivity contribution in [1.82, 2.24) is 4.90 Å². The molecule has 1 aromatic rings. The Morgan fingerprint density at radius 3 is 2.47 bits per heavy atom. The van der Waals surface area contributed by atoms with Crippen LogP contribution in [0.4, 0.5) is 4.39 Å². The second-order valence-corrected chi connectivity index (χ2v) is 4.86. The van der Waals surface area contributed by atoms with Crippen LogP contribution in [0.5, 0.6) is 0 Å². The smallest absolute Gasteiger partial charge is 0.127 e. The first kappa shape index (κ1) is 14.1. The maximum atomic E-state index is 13.7. The number of nitrogens with zero attached hydrogens (tertiary/aromatic N) is 1. The van der Waals surface area contributed by atoms with E-state index in [0.29, 0.717) is 6.54 Å². The lowest BCUT2D eigenvalue weighted by Gasteiger charge is -2.41. The highest BCUT2D eigenvalue weighted by Gasteiger charge is 2.30. The third-order valence-corrected chi connectivity index (χ3v) is 3.99. The molecule has 0 heterocycles. The number of rotatable bonds is 5. The molecule has 1 rings (SSSR count). The highest BCUT2D eigenvalue weighted by Crippen LogP contribution is 2.29. The van der Waals surface area contributed by atoms with Gasteiger partial charge in [0.1, 0.15) is 5.82 Å². The van der Waals surface area contributed by atoms with E-state index in [0.717, 1.165) is 12.0 Å². The fourth-order valence-electron chi connectivity index (χ4n) is 2.03. The van der Waals surface area contributed by atoms with Gasteiger partial charge in [-0.1, -0.05) is 25.1 Å². The number of hydrogen-bond donors (Lipinski definition) is 1. The molecular formula is C14H23FN2. The molecule has 0 aliphatic heterocycles. The Morgan fingerprint density at radius 1 is 1.41 bits per heavy atom. The van der Waals surface area contributed by atoms with Gasteiger partial charge in [0.2, 0.25) is 0 Å². The maximum absolute atomic E-state index is 13.7. The molecule has 0 aliphatic carbocycles. The fraction of sp³-hybridized carbons (Fsp3) is 0.571. The number of hydrogen-bond acceptors (Lipinski definition) is 2. The van der Waals surface area contributed by atoms with Crippen LogP contribution in [0.2, 0.25) is 0 Å². The Morgan fingerprint density at radius 2 is 2.00 bits per heavy atom. The van der Waals surface area contributed by atoms with Crippen molar-refractivity contribution in [2.75, 3.05) is 13.6 Å². The largest absolute Gasteiger partial charge is 0.329 e. The van der Waals surface area contributed by atoms with E-state index >= 15 is 0 Å². The van der Waals surface area contributed by atoms with E-state index in [1.807, 2.05) is 26.1 Å². The molecule has 1 aromatic carbocycles. The summed E-state index contributed by atoms with van der Waals surface area (Å²) in [6.07, 6.45) is 0.943. The van der Waals surface area contributed by atoms with E-state index in [9.17, 15) is 4.39 Å². The summed E-state index contributed by atoms with van der Waals surface area (Å²) in [7, 11) is 2.01.